The average molecular weight is 563 g/mol. The molecule has 6 rings (SSSR count). The van der Waals surface area contributed by atoms with Crippen LogP contribution in [0.15, 0.2) is 71.7 Å². The molecule has 7 nitrogen and oxygen atoms in total. The molecule has 0 saturated carbocycles. The summed E-state index contributed by atoms with van der Waals surface area (Å²) < 4.78 is 14.0. The minimum Gasteiger partial charge on any atom is -0.493 e. The van der Waals surface area contributed by atoms with Gasteiger partial charge in [-0.15, -0.1) is 0 Å². The van der Waals surface area contributed by atoms with Crippen molar-refractivity contribution in [3.05, 3.63) is 105 Å². The molecule has 0 aliphatic carbocycles. The molecular formula is C35H34N2O5. The fourth-order valence-corrected chi connectivity index (χ4v) is 6.06. The number of fused-ring (bicyclic) bond motifs is 1. The lowest BCUT2D eigenvalue weighted by Gasteiger charge is -2.29. The highest BCUT2D eigenvalue weighted by Gasteiger charge is 2.33. The number of carbonyl (C=O) groups is 1. The molecule has 1 aliphatic rings. The standard InChI is InChI=1S/C35H34N2O5/c1-20-7-6-8-22(17-20)19-37-26-18-21(2)29(33(34(39)40)42-35(3,4)5)31(24(26)10-12-28(37)38)25-9-11-27-30-23(14-16-41-27)13-15-36-32(25)30/h6-13,15,17-18,33H,14,16,19H2,1-5H3,(H,39,40). The first kappa shape index (κ1) is 27.7. The van der Waals surface area contributed by atoms with Crippen molar-refractivity contribution in [2.24, 2.45) is 0 Å². The topological polar surface area (TPSA) is 90.7 Å². The number of carboxylic acids is 1. The number of ether oxygens (including phenoxy) is 2. The number of nitrogens with zero attached hydrogens (tertiary/aromatic N) is 2. The second kappa shape index (κ2) is 10.4. The van der Waals surface area contributed by atoms with Crippen molar-refractivity contribution >= 4 is 27.8 Å². The van der Waals surface area contributed by atoms with Gasteiger partial charge in [0.25, 0.3) is 5.56 Å². The molecule has 0 spiro atoms. The third kappa shape index (κ3) is 4.94. The van der Waals surface area contributed by atoms with Gasteiger partial charge in [-0.2, -0.15) is 0 Å². The van der Waals surface area contributed by atoms with Crippen LogP contribution in [0.4, 0.5) is 0 Å². The summed E-state index contributed by atoms with van der Waals surface area (Å²) in [7, 11) is 0. The van der Waals surface area contributed by atoms with E-state index in [4.69, 9.17) is 14.5 Å². The summed E-state index contributed by atoms with van der Waals surface area (Å²) in [6.07, 6.45) is 1.31. The first-order valence-electron chi connectivity index (χ1n) is 14.2. The molecule has 3 heterocycles. The predicted molar refractivity (Wildman–Crippen MR) is 164 cm³/mol. The van der Waals surface area contributed by atoms with E-state index in [1.54, 1.807) is 22.9 Å². The quantitative estimate of drug-likeness (QED) is 0.246. The van der Waals surface area contributed by atoms with Gasteiger partial charge in [-0.1, -0.05) is 29.8 Å². The number of benzene rings is 3. The Bertz CT molecular complexity index is 1920. The van der Waals surface area contributed by atoms with Crippen molar-refractivity contribution < 1.29 is 19.4 Å². The maximum absolute atomic E-state index is 13.4. The Morgan fingerprint density at radius 3 is 2.64 bits per heavy atom. The number of hydrogen-bond acceptors (Lipinski definition) is 5. The van der Waals surface area contributed by atoms with Gasteiger partial charge in [0, 0.05) is 40.6 Å². The Kier molecular flexibility index (Phi) is 6.86. The lowest BCUT2D eigenvalue weighted by atomic mass is 9.86. The minimum absolute atomic E-state index is 0.133. The summed E-state index contributed by atoms with van der Waals surface area (Å²) in [4.78, 5) is 31.0. The van der Waals surface area contributed by atoms with Crippen molar-refractivity contribution in [3.8, 4) is 16.9 Å². The lowest BCUT2D eigenvalue weighted by molar-refractivity contribution is -0.160. The largest absolute Gasteiger partial charge is 0.493 e. The van der Waals surface area contributed by atoms with E-state index in [0.29, 0.717) is 24.3 Å². The van der Waals surface area contributed by atoms with Crippen LogP contribution >= 0.6 is 0 Å². The van der Waals surface area contributed by atoms with Crippen LogP contribution in [0, 0.1) is 13.8 Å². The number of hydrogen-bond donors (Lipinski definition) is 1. The number of aryl methyl sites for hydroxylation is 2. The van der Waals surface area contributed by atoms with Crippen LogP contribution < -0.4 is 10.3 Å². The molecule has 0 fully saturated rings. The first-order chi connectivity index (χ1) is 20.0. The van der Waals surface area contributed by atoms with Gasteiger partial charge in [0.1, 0.15) is 5.75 Å². The molecule has 5 aromatic rings. The monoisotopic (exact) mass is 562 g/mol. The summed E-state index contributed by atoms with van der Waals surface area (Å²) in [5, 5.41) is 12.2. The van der Waals surface area contributed by atoms with Crippen LogP contribution in [-0.4, -0.2) is 32.8 Å². The second-order valence-corrected chi connectivity index (χ2v) is 12.0. The Morgan fingerprint density at radius 1 is 1.10 bits per heavy atom. The smallest absolute Gasteiger partial charge is 0.337 e. The predicted octanol–water partition coefficient (Wildman–Crippen LogP) is 6.76. The normalized spacial score (nSPS) is 13.7. The maximum Gasteiger partial charge on any atom is 0.337 e. The SMILES string of the molecule is Cc1cccc(Cn2c(=O)ccc3c(-c4ccc5c6c(ccnc46)CCO5)c(C(OC(C)(C)C)C(=O)O)c(C)cc32)c1. The minimum atomic E-state index is -1.25. The first-order valence-corrected chi connectivity index (χ1v) is 14.2. The zero-order valence-corrected chi connectivity index (χ0v) is 24.5. The molecule has 0 saturated heterocycles. The number of pyridine rings is 2. The van der Waals surface area contributed by atoms with Gasteiger partial charge >= 0.3 is 5.97 Å². The van der Waals surface area contributed by atoms with E-state index in [0.717, 1.165) is 61.8 Å². The van der Waals surface area contributed by atoms with E-state index in [-0.39, 0.29) is 5.56 Å². The highest BCUT2D eigenvalue weighted by molar-refractivity contribution is 6.08. The van der Waals surface area contributed by atoms with E-state index in [1.807, 2.05) is 77.1 Å². The molecule has 0 amide bonds. The van der Waals surface area contributed by atoms with Crippen molar-refractivity contribution in [2.45, 2.75) is 59.3 Å². The maximum atomic E-state index is 13.4. The highest BCUT2D eigenvalue weighted by atomic mass is 16.5. The molecule has 2 aromatic heterocycles. The molecular weight excluding hydrogens is 528 g/mol. The summed E-state index contributed by atoms with van der Waals surface area (Å²) in [5.41, 5.74) is 6.58. The molecule has 42 heavy (non-hydrogen) atoms. The van der Waals surface area contributed by atoms with Gasteiger partial charge in [0.2, 0.25) is 0 Å². The summed E-state index contributed by atoms with van der Waals surface area (Å²) >= 11 is 0. The molecule has 7 heteroatoms. The van der Waals surface area contributed by atoms with Crippen LogP contribution in [0.2, 0.25) is 0 Å². The third-order valence-corrected chi connectivity index (χ3v) is 7.76. The average Bonchev–Trinajstić information content (AvgIpc) is 2.93. The van der Waals surface area contributed by atoms with Crippen molar-refractivity contribution in [3.63, 3.8) is 0 Å². The fourth-order valence-electron chi connectivity index (χ4n) is 6.06. The number of carboxylic acid groups (broad SMARTS) is 1. The van der Waals surface area contributed by atoms with Gasteiger partial charge in [-0.25, -0.2) is 4.79 Å². The van der Waals surface area contributed by atoms with Crippen molar-refractivity contribution in [1.82, 2.24) is 9.55 Å². The molecule has 214 valence electrons. The number of rotatable bonds is 6. The van der Waals surface area contributed by atoms with Gasteiger partial charge in [-0.05, 0) is 87.2 Å². The number of aromatic nitrogens is 2. The molecule has 1 N–H and O–H groups in total. The van der Waals surface area contributed by atoms with E-state index in [1.165, 1.54) is 0 Å². The molecule has 1 unspecified atom stereocenters. The lowest BCUT2D eigenvalue weighted by Crippen LogP contribution is -2.28. The zero-order chi connectivity index (χ0) is 29.8. The molecule has 3 aromatic carbocycles. The van der Waals surface area contributed by atoms with E-state index in [2.05, 4.69) is 6.07 Å². The van der Waals surface area contributed by atoms with Crippen LogP contribution in [-0.2, 0) is 22.5 Å². The highest BCUT2D eigenvalue weighted by Crippen LogP contribution is 2.45. The van der Waals surface area contributed by atoms with Crippen molar-refractivity contribution in [1.29, 1.82) is 0 Å². The van der Waals surface area contributed by atoms with E-state index >= 15 is 0 Å². The molecule has 0 radical (unpaired) electrons. The zero-order valence-electron chi connectivity index (χ0n) is 24.5. The van der Waals surface area contributed by atoms with E-state index < -0.39 is 17.7 Å². The summed E-state index contributed by atoms with van der Waals surface area (Å²) in [6.45, 7) is 10.4. The Balaban J connectivity index is 1.72. The molecule has 0 bridgehead atoms. The second-order valence-electron chi connectivity index (χ2n) is 12.0. The molecule has 1 aliphatic heterocycles. The number of aliphatic carboxylic acids is 1. The Morgan fingerprint density at radius 2 is 1.90 bits per heavy atom. The Labute approximate surface area is 244 Å². The van der Waals surface area contributed by atoms with Crippen molar-refractivity contribution in [2.75, 3.05) is 6.61 Å². The Hall–Kier alpha value is -4.49. The summed E-state index contributed by atoms with van der Waals surface area (Å²) in [6, 6.07) is 19.2. The van der Waals surface area contributed by atoms with Crippen LogP contribution in [0.1, 0.15) is 54.7 Å². The van der Waals surface area contributed by atoms with Gasteiger partial charge < -0.3 is 19.1 Å². The van der Waals surface area contributed by atoms with Gasteiger partial charge in [-0.3, -0.25) is 9.78 Å². The van der Waals surface area contributed by atoms with Gasteiger partial charge in [0.05, 0.1) is 29.8 Å². The van der Waals surface area contributed by atoms with Crippen LogP contribution in [0.5, 0.6) is 5.75 Å². The van der Waals surface area contributed by atoms with Crippen LogP contribution in [0.25, 0.3) is 32.9 Å². The molecule has 1 atom stereocenters. The van der Waals surface area contributed by atoms with Gasteiger partial charge in [0.15, 0.2) is 6.10 Å². The fraction of sp³-hybridized carbons (Fsp3) is 0.286. The van der Waals surface area contributed by atoms with Crippen LogP contribution in [0.3, 0.4) is 0 Å². The summed E-state index contributed by atoms with van der Waals surface area (Å²) in [5.74, 6) is -0.320. The third-order valence-electron chi connectivity index (χ3n) is 7.76. The van der Waals surface area contributed by atoms with E-state index in [9.17, 15) is 14.7 Å².